The number of halogens is 1. The van der Waals surface area contributed by atoms with Gasteiger partial charge in [0, 0.05) is 42.4 Å². The van der Waals surface area contributed by atoms with Crippen LogP contribution < -0.4 is 0 Å². The first-order chi connectivity index (χ1) is 12.6. The van der Waals surface area contributed by atoms with Gasteiger partial charge in [-0.3, -0.25) is 9.67 Å². The summed E-state index contributed by atoms with van der Waals surface area (Å²) in [6, 6.07) is 6.98. The van der Waals surface area contributed by atoms with Crippen molar-refractivity contribution in [3.8, 4) is 0 Å². The van der Waals surface area contributed by atoms with Crippen LogP contribution in [0.2, 0.25) is 0 Å². The highest BCUT2D eigenvalue weighted by molar-refractivity contribution is 9.10. The second-order valence-electron chi connectivity index (χ2n) is 7.25. The molecule has 0 spiro atoms. The van der Waals surface area contributed by atoms with Crippen molar-refractivity contribution in [3.63, 3.8) is 0 Å². The van der Waals surface area contributed by atoms with E-state index < -0.39 is 0 Å². The fourth-order valence-electron chi connectivity index (χ4n) is 4.47. The molecule has 5 rings (SSSR count). The minimum absolute atomic E-state index is 0.390. The summed E-state index contributed by atoms with van der Waals surface area (Å²) in [6.45, 7) is 4.06. The summed E-state index contributed by atoms with van der Waals surface area (Å²) in [5.41, 5.74) is 4.62. The Bertz CT molecular complexity index is 1120. The quantitative estimate of drug-likeness (QED) is 0.473. The molecule has 4 heterocycles. The second-order valence-corrected chi connectivity index (χ2v) is 8.16. The fraction of sp³-hybridized carbons (Fsp3) is 0.400. The Morgan fingerprint density at radius 3 is 2.81 bits per heavy atom. The smallest absolute Gasteiger partial charge is 0.0982 e. The molecule has 1 aliphatic rings. The average molecular weight is 413 g/mol. The van der Waals surface area contributed by atoms with Crippen LogP contribution >= 0.6 is 15.9 Å². The number of ether oxygens (including phenoxy) is 1. The third-order valence-corrected chi connectivity index (χ3v) is 6.26. The predicted molar refractivity (Wildman–Crippen MR) is 107 cm³/mol. The molecule has 0 radical (unpaired) electrons. The first-order valence-electron chi connectivity index (χ1n) is 9.13. The van der Waals surface area contributed by atoms with E-state index >= 15 is 0 Å². The average Bonchev–Trinajstić information content (AvgIpc) is 3.19. The zero-order valence-corrected chi connectivity index (χ0v) is 16.5. The first-order valence-corrected chi connectivity index (χ1v) is 9.92. The monoisotopic (exact) mass is 412 g/mol. The molecular weight excluding hydrogens is 392 g/mol. The van der Waals surface area contributed by atoms with E-state index in [-0.39, 0.29) is 0 Å². The van der Waals surface area contributed by atoms with E-state index in [1.54, 1.807) is 0 Å². The number of hydrogen-bond acceptors (Lipinski definition) is 3. The van der Waals surface area contributed by atoms with Gasteiger partial charge in [0.1, 0.15) is 0 Å². The maximum atomic E-state index is 5.58. The molecule has 0 saturated carbocycles. The molecule has 1 atom stereocenters. The number of pyridine rings is 1. The molecule has 0 aliphatic carbocycles. The van der Waals surface area contributed by atoms with Gasteiger partial charge in [-0.15, -0.1) is 0 Å². The van der Waals surface area contributed by atoms with Gasteiger partial charge < -0.3 is 9.30 Å². The van der Waals surface area contributed by atoms with E-state index in [1.165, 1.54) is 16.4 Å². The van der Waals surface area contributed by atoms with E-state index in [0.717, 1.165) is 46.9 Å². The molecular formula is C20H21BrN4O. The first kappa shape index (κ1) is 16.3. The molecule has 26 heavy (non-hydrogen) atoms. The van der Waals surface area contributed by atoms with E-state index in [4.69, 9.17) is 9.72 Å². The minimum Gasteiger partial charge on any atom is -0.381 e. The minimum atomic E-state index is 0.390. The summed E-state index contributed by atoms with van der Waals surface area (Å²) in [4.78, 5) is 4.79. The Labute approximate surface area is 160 Å². The van der Waals surface area contributed by atoms with Gasteiger partial charge in [0.15, 0.2) is 0 Å². The Morgan fingerprint density at radius 2 is 2.00 bits per heavy atom. The number of nitrogens with zero attached hydrogens (tertiary/aromatic N) is 4. The van der Waals surface area contributed by atoms with E-state index in [1.807, 2.05) is 24.1 Å². The van der Waals surface area contributed by atoms with Gasteiger partial charge in [-0.25, -0.2) is 0 Å². The number of benzene rings is 1. The molecule has 1 aromatic carbocycles. The molecule has 3 aromatic heterocycles. The van der Waals surface area contributed by atoms with Gasteiger partial charge in [0.2, 0.25) is 0 Å². The molecule has 1 saturated heterocycles. The van der Waals surface area contributed by atoms with Crippen molar-refractivity contribution >= 4 is 48.8 Å². The summed E-state index contributed by atoms with van der Waals surface area (Å²) >= 11 is 3.61. The lowest BCUT2D eigenvalue weighted by atomic mass is 9.92. The molecule has 1 aliphatic heterocycles. The third kappa shape index (κ3) is 2.32. The Balaban J connectivity index is 1.86. The van der Waals surface area contributed by atoms with E-state index in [9.17, 15) is 0 Å². The van der Waals surface area contributed by atoms with Gasteiger partial charge >= 0.3 is 0 Å². The van der Waals surface area contributed by atoms with E-state index in [0.29, 0.717) is 12.0 Å². The van der Waals surface area contributed by atoms with Crippen molar-refractivity contribution in [2.75, 3.05) is 13.2 Å². The molecule has 4 aromatic rings. The number of rotatable bonds is 2. The SMILES string of the molecule is C[C@H](C1CCOCC1)n1c2cc(Br)cnc2c2c3c(ccc21)cnn3C. The summed E-state index contributed by atoms with van der Waals surface area (Å²) < 4.78 is 11.0. The van der Waals surface area contributed by atoms with Crippen LogP contribution in [0, 0.1) is 5.92 Å². The van der Waals surface area contributed by atoms with Crippen LogP contribution in [-0.4, -0.2) is 32.5 Å². The maximum Gasteiger partial charge on any atom is 0.0982 e. The van der Waals surface area contributed by atoms with Gasteiger partial charge in [-0.05, 0) is 59.8 Å². The number of hydrogen-bond donors (Lipinski definition) is 0. The highest BCUT2D eigenvalue weighted by Crippen LogP contribution is 2.39. The van der Waals surface area contributed by atoms with Crippen molar-refractivity contribution in [2.45, 2.75) is 25.8 Å². The zero-order chi connectivity index (χ0) is 17.8. The largest absolute Gasteiger partial charge is 0.381 e. The Morgan fingerprint density at radius 1 is 1.19 bits per heavy atom. The zero-order valence-electron chi connectivity index (χ0n) is 14.9. The topological polar surface area (TPSA) is 44.9 Å². The Kier molecular flexibility index (Phi) is 3.79. The highest BCUT2D eigenvalue weighted by atomic mass is 79.9. The van der Waals surface area contributed by atoms with Crippen molar-refractivity contribution in [1.29, 1.82) is 0 Å². The lowest BCUT2D eigenvalue weighted by Crippen LogP contribution is -2.24. The Hall–Kier alpha value is -1.92. The summed E-state index contributed by atoms with van der Waals surface area (Å²) in [5, 5.41) is 6.82. The molecule has 0 unspecified atom stereocenters. The predicted octanol–water partition coefficient (Wildman–Crippen LogP) is 4.83. The van der Waals surface area contributed by atoms with Crippen LogP contribution in [0.25, 0.3) is 32.8 Å². The van der Waals surface area contributed by atoms with Crippen LogP contribution in [-0.2, 0) is 11.8 Å². The number of fused-ring (bicyclic) bond motifs is 5. The molecule has 0 N–H and O–H groups in total. The summed E-state index contributed by atoms with van der Waals surface area (Å²) in [7, 11) is 2.01. The molecule has 6 heteroatoms. The molecule has 134 valence electrons. The van der Waals surface area contributed by atoms with Crippen LogP contribution in [0.5, 0.6) is 0 Å². The lowest BCUT2D eigenvalue weighted by molar-refractivity contribution is 0.0525. The number of aromatic nitrogens is 4. The fourth-order valence-corrected chi connectivity index (χ4v) is 4.79. The normalized spacial score (nSPS) is 17.5. The van der Waals surface area contributed by atoms with Crippen LogP contribution in [0.4, 0.5) is 0 Å². The van der Waals surface area contributed by atoms with Crippen molar-refractivity contribution in [1.82, 2.24) is 19.3 Å². The third-order valence-electron chi connectivity index (χ3n) is 5.83. The highest BCUT2D eigenvalue weighted by Gasteiger charge is 2.26. The van der Waals surface area contributed by atoms with Crippen LogP contribution in [0.15, 0.2) is 35.1 Å². The van der Waals surface area contributed by atoms with Crippen LogP contribution in [0.1, 0.15) is 25.8 Å². The standard InChI is InChI=1S/C20H21BrN4O/c1-12(13-5-7-26-8-6-13)25-16-4-3-14-10-23-24(2)20(14)18(16)19-17(25)9-15(21)11-22-19/h3-4,9-13H,5-8H2,1-2H3/t12-/m1/s1. The van der Waals surface area contributed by atoms with Gasteiger partial charge in [-0.2, -0.15) is 5.10 Å². The van der Waals surface area contributed by atoms with Gasteiger partial charge in [0.25, 0.3) is 0 Å². The van der Waals surface area contributed by atoms with Gasteiger partial charge in [0.05, 0.1) is 33.6 Å². The summed E-state index contributed by atoms with van der Waals surface area (Å²) in [6.07, 6.45) is 6.04. The summed E-state index contributed by atoms with van der Waals surface area (Å²) in [5.74, 6) is 0.615. The van der Waals surface area contributed by atoms with Crippen LogP contribution in [0.3, 0.4) is 0 Å². The molecule has 1 fully saturated rings. The van der Waals surface area contributed by atoms with E-state index in [2.05, 4.69) is 50.7 Å². The van der Waals surface area contributed by atoms with Gasteiger partial charge in [-0.1, -0.05) is 0 Å². The molecule has 0 bridgehead atoms. The van der Waals surface area contributed by atoms with Crippen molar-refractivity contribution < 1.29 is 4.74 Å². The number of aryl methyl sites for hydroxylation is 1. The van der Waals surface area contributed by atoms with Crippen molar-refractivity contribution in [2.24, 2.45) is 13.0 Å². The molecule has 0 amide bonds. The van der Waals surface area contributed by atoms with Crippen molar-refractivity contribution in [3.05, 3.63) is 35.1 Å². The lowest BCUT2D eigenvalue weighted by Gasteiger charge is -2.30. The maximum absolute atomic E-state index is 5.58. The molecule has 5 nitrogen and oxygen atoms in total. The second kappa shape index (κ2) is 6.06.